The Kier molecular flexibility index (Phi) is 5.27. The van der Waals surface area contributed by atoms with Crippen molar-refractivity contribution in [1.82, 2.24) is 0 Å². The quantitative estimate of drug-likeness (QED) is 0.458. The Hall–Kier alpha value is -3.24. The summed E-state index contributed by atoms with van der Waals surface area (Å²) in [6.07, 6.45) is 12.3. The number of benzene rings is 1. The van der Waals surface area contributed by atoms with Gasteiger partial charge in [-0.15, -0.1) is 0 Å². The van der Waals surface area contributed by atoms with Crippen molar-refractivity contribution in [3.63, 3.8) is 0 Å². The van der Waals surface area contributed by atoms with E-state index < -0.39 is 0 Å². The molecule has 3 heterocycles. The van der Waals surface area contributed by atoms with Crippen LogP contribution in [0.2, 0.25) is 0 Å². The van der Waals surface area contributed by atoms with Crippen molar-refractivity contribution >= 4 is 11.8 Å². The topological polar surface area (TPSA) is 40.6 Å². The molecule has 3 aliphatic rings. The fourth-order valence-corrected chi connectivity index (χ4v) is 4.37. The van der Waals surface area contributed by atoms with E-state index in [1.165, 1.54) is 48.3 Å². The minimum Gasteiger partial charge on any atom is -0.461 e. The lowest BCUT2D eigenvalue weighted by atomic mass is 9.90. The van der Waals surface area contributed by atoms with Crippen LogP contribution in [0.1, 0.15) is 50.3 Å². The monoisotopic (exact) mass is 397 g/mol. The molecule has 0 saturated carbocycles. The van der Waals surface area contributed by atoms with Crippen molar-refractivity contribution < 1.29 is 4.74 Å². The van der Waals surface area contributed by atoms with E-state index in [0.717, 1.165) is 18.6 Å². The van der Waals surface area contributed by atoms with Gasteiger partial charge in [0.1, 0.15) is 11.5 Å². The normalized spacial score (nSPS) is 19.8. The van der Waals surface area contributed by atoms with Crippen LogP contribution >= 0.6 is 0 Å². The summed E-state index contributed by atoms with van der Waals surface area (Å²) in [5, 5.41) is 9.32. The molecule has 0 aliphatic carbocycles. The SMILES string of the molecule is [C-]#[N+]/C(C#N)=C1C=C(/C=C/c2cc3c4c(c2)CCCN4CCC3)OC(C(C)(C)C)=C/1. The Labute approximate surface area is 179 Å². The number of nitriles is 1. The third-order valence-corrected chi connectivity index (χ3v) is 5.84. The molecule has 0 aromatic heterocycles. The maximum atomic E-state index is 9.32. The van der Waals surface area contributed by atoms with Crippen molar-refractivity contribution in [2.75, 3.05) is 18.0 Å². The molecule has 0 radical (unpaired) electrons. The Morgan fingerprint density at radius 3 is 2.37 bits per heavy atom. The zero-order valence-electron chi connectivity index (χ0n) is 18.0. The minimum absolute atomic E-state index is 0.0873. The van der Waals surface area contributed by atoms with Gasteiger partial charge < -0.3 is 9.64 Å². The van der Waals surface area contributed by atoms with Crippen molar-refractivity contribution in [2.45, 2.75) is 46.5 Å². The molecule has 0 fully saturated rings. The highest BCUT2D eigenvalue weighted by molar-refractivity contribution is 5.68. The number of allylic oxidation sites excluding steroid dienone is 6. The summed E-state index contributed by atoms with van der Waals surface area (Å²) in [5.41, 5.74) is 6.03. The number of aryl methyl sites for hydroxylation is 2. The molecular formula is C26H27N3O. The van der Waals surface area contributed by atoms with Crippen LogP contribution in [0.3, 0.4) is 0 Å². The van der Waals surface area contributed by atoms with Gasteiger partial charge in [-0.3, -0.25) is 0 Å². The number of hydrogen-bond donors (Lipinski definition) is 0. The van der Waals surface area contributed by atoms with Crippen LogP contribution in [0.4, 0.5) is 5.69 Å². The molecule has 0 N–H and O–H groups in total. The molecule has 4 heteroatoms. The largest absolute Gasteiger partial charge is 0.461 e. The molecule has 0 atom stereocenters. The first-order valence-corrected chi connectivity index (χ1v) is 10.6. The van der Waals surface area contributed by atoms with E-state index in [1.54, 1.807) is 6.08 Å². The Balaban J connectivity index is 1.68. The molecule has 30 heavy (non-hydrogen) atoms. The van der Waals surface area contributed by atoms with E-state index >= 15 is 0 Å². The zero-order chi connectivity index (χ0) is 21.3. The van der Waals surface area contributed by atoms with Gasteiger partial charge in [0.05, 0.1) is 12.6 Å². The maximum absolute atomic E-state index is 9.32. The Morgan fingerprint density at radius 1 is 1.13 bits per heavy atom. The second kappa shape index (κ2) is 7.88. The molecule has 0 saturated heterocycles. The summed E-state index contributed by atoms with van der Waals surface area (Å²) >= 11 is 0. The highest BCUT2D eigenvalue weighted by Crippen LogP contribution is 2.37. The van der Waals surface area contributed by atoms with Gasteiger partial charge in [0.2, 0.25) is 0 Å². The van der Waals surface area contributed by atoms with Gasteiger partial charge in [-0.05, 0) is 78.3 Å². The van der Waals surface area contributed by atoms with Gasteiger partial charge in [-0.1, -0.05) is 26.8 Å². The van der Waals surface area contributed by atoms with Gasteiger partial charge in [0.25, 0.3) is 5.70 Å². The first kappa shape index (κ1) is 20.0. The smallest absolute Gasteiger partial charge is 0.269 e. The molecule has 3 aliphatic heterocycles. The van der Waals surface area contributed by atoms with Crippen LogP contribution in [-0.2, 0) is 17.6 Å². The predicted octanol–water partition coefficient (Wildman–Crippen LogP) is 5.94. The maximum Gasteiger partial charge on any atom is 0.269 e. The van der Waals surface area contributed by atoms with Crippen molar-refractivity contribution in [1.29, 1.82) is 5.26 Å². The lowest BCUT2D eigenvalue weighted by Crippen LogP contribution is -2.34. The highest BCUT2D eigenvalue weighted by atomic mass is 16.5. The minimum atomic E-state index is -0.222. The Bertz CT molecular complexity index is 1030. The van der Waals surface area contributed by atoms with E-state index in [0.29, 0.717) is 11.3 Å². The van der Waals surface area contributed by atoms with Gasteiger partial charge in [-0.25, -0.2) is 10.1 Å². The first-order chi connectivity index (χ1) is 14.4. The number of anilines is 1. The Morgan fingerprint density at radius 2 is 1.80 bits per heavy atom. The molecule has 152 valence electrons. The summed E-state index contributed by atoms with van der Waals surface area (Å²) < 4.78 is 6.12. The van der Waals surface area contributed by atoms with E-state index in [9.17, 15) is 5.26 Å². The number of hydrogen-bond acceptors (Lipinski definition) is 3. The van der Waals surface area contributed by atoms with Gasteiger partial charge in [0, 0.05) is 24.2 Å². The van der Waals surface area contributed by atoms with E-state index in [4.69, 9.17) is 11.3 Å². The van der Waals surface area contributed by atoms with Crippen LogP contribution in [0, 0.1) is 23.3 Å². The van der Waals surface area contributed by atoms with Crippen molar-refractivity contribution in [2.24, 2.45) is 5.41 Å². The predicted molar refractivity (Wildman–Crippen MR) is 120 cm³/mol. The van der Waals surface area contributed by atoms with E-state index in [1.807, 2.05) is 18.2 Å². The van der Waals surface area contributed by atoms with E-state index in [-0.39, 0.29) is 11.1 Å². The fourth-order valence-electron chi connectivity index (χ4n) is 4.37. The summed E-state index contributed by atoms with van der Waals surface area (Å²) in [6, 6.07) is 6.60. The molecule has 0 amide bonds. The molecular weight excluding hydrogens is 370 g/mol. The molecule has 0 spiro atoms. The van der Waals surface area contributed by atoms with Crippen LogP contribution in [-0.4, -0.2) is 13.1 Å². The lowest BCUT2D eigenvalue weighted by Gasteiger charge is -2.37. The second-order valence-electron chi connectivity index (χ2n) is 9.15. The third-order valence-electron chi connectivity index (χ3n) is 5.84. The summed E-state index contributed by atoms with van der Waals surface area (Å²) in [7, 11) is 0. The third kappa shape index (κ3) is 3.91. The van der Waals surface area contributed by atoms with E-state index in [2.05, 4.69) is 48.7 Å². The van der Waals surface area contributed by atoms with Crippen LogP contribution < -0.4 is 4.90 Å². The molecule has 4 rings (SSSR count). The van der Waals surface area contributed by atoms with Crippen molar-refractivity contribution in [3.8, 4) is 6.07 Å². The molecule has 1 aromatic rings. The summed E-state index contributed by atoms with van der Waals surface area (Å²) in [6.45, 7) is 15.8. The molecule has 4 nitrogen and oxygen atoms in total. The summed E-state index contributed by atoms with van der Waals surface area (Å²) in [4.78, 5) is 5.92. The average Bonchev–Trinajstić information content (AvgIpc) is 2.73. The first-order valence-electron chi connectivity index (χ1n) is 10.6. The number of ether oxygens (including phenoxy) is 1. The number of rotatable bonds is 2. The van der Waals surface area contributed by atoms with Gasteiger partial charge in [0.15, 0.2) is 0 Å². The second-order valence-corrected chi connectivity index (χ2v) is 9.15. The molecule has 0 unspecified atom stereocenters. The fraction of sp³-hybridized carbons (Fsp3) is 0.385. The van der Waals surface area contributed by atoms with Crippen molar-refractivity contribution in [3.05, 3.63) is 81.3 Å². The lowest BCUT2D eigenvalue weighted by molar-refractivity contribution is 0.223. The van der Waals surface area contributed by atoms with Crippen LogP contribution in [0.5, 0.6) is 0 Å². The molecule has 0 bridgehead atoms. The highest BCUT2D eigenvalue weighted by Gasteiger charge is 2.25. The van der Waals surface area contributed by atoms with Gasteiger partial charge >= 0.3 is 0 Å². The molecule has 1 aromatic carbocycles. The summed E-state index contributed by atoms with van der Waals surface area (Å²) in [5.74, 6) is 1.41. The van der Waals surface area contributed by atoms with Crippen LogP contribution in [0.25, 0.3) is 10.9 Å². The average molecular weight is 398 g/mol. The number of nitrogens with zero attached hydrogens (tertiary/aromatic N) is 3. The van der Waals surface area contributed by atoms with Crippen LogP contribution in [0.15, 0.2) is 53.1 Å². The zero-order valence-corrected chi connectivity index (χ0v) is 18.0. The van der Waals surface area contributed by atoms with Gasteiger partial charge in [-0.2, -0.15) is 0 Å². The standard InChI is InChI=1S/C26H27N3O/c1-26(2,3)24-16-21(23(17-27)28-4)15-22(30-24)10-9-18-13-19-7-5-11-29-12-6-8-20(14-18)25(19)29/h9-10,13-16H,5-8,11-12H2,1-3H3/b10-9+,23-21-.